The quantitative estimate of drug-likeness (QED) is 0.280. The summed E-state index contributed by atoms with van der Waals surface area (Å²) in [5, 5.41) is 11.2. The van der Waals surface area contributed by atoms with Gasteiger partial charge in [0, 0.05) is 47.3 Å². The molecule has 6 nitrogen and oxygen atoms in total. The number of Topliss-reactive ketones (excluding diaryl/α,β-unsaturated/α-hetero) is 2. The topological polar surface area (TPSA) is 89.6 Å². The number of unbranched alkanes of at least 4 members (excludes halogenated alkanes) is 1. The van der Waals surface area contributed by atoms with Crippen molar-refractivity contribution in [2.24, 2.45) is 10.9 Å². The summed E-state index contributed by atoms with van der Waals surface area (Å²) in [7, 11) is 0. The number of rotatable bonds is 8. The van der Waals surface area contributed by atoms with Crippen LogP contribution >= 0.6 is 11.6 Å². The van der Waals surface area contributed by atoms with Gasteiger partial charge in [-0.15, -0.1) is 11.6 Å². The number of nitrogens with zero attached hydrogens (tertiary/aromatic N) is 2. The number of hydrogen-bond donors (Lipinski definition) is 0. The molecular weight excluding hydrogens is 368 g/mol. The lowest BCUT2D eigenvalue weighted by molar-refractivity contribution is -0.384. The number of nitro groups is 1. The number of benzene rings is 1. The molecule has 0 aromatic heterocycles. The van der Waals surface area contributed by atoms with E-state index in [0.29, 0.717) is 41.3 Å². The number of hydrogen-bond acceptors (Lipinski definition) is 5. The minimum absolute atomic E-state index is 0.0680. The van der Waals surface area contributed by atoms with Crippen molar-refractivity contribution >= 4 is 34.6 Å². The number of aliphatic imine (C=N–C) groups is 1. The van der Waals surface area contributed by atoms with E-state index in [1.807, 2.05) is 0 Å². The second-order valence-electron chi connectivity index (χ2n) is 6.74. The monoisotopic (exact) mass is 390 g/mol. The van der Waals surface area contributed by atoms with Gasteiger partial charge in [0.05, 0.1) is 10.8 Å². The molecule has 0 aliphatic carbocycles. The average molecular weight is 391 g/mol. The molecule has 0 fully saturated rings. The highest BCUT2D eigenvalue weighted by Crippen LogP contribution is 2.41. The fourth-order valence-electron chi connectivity index (χ4n) is 3.64. The van der Waals surface area contributed by atoms with Gasteiger partial charge in [-0.3, -0.25) is 24.7 Å². The summed E-state index contributed by atoms with van der Waals surface area (Å²) < 4.78 is 0. The molecule has 0 saturated heterocycles. The molecule has 2 atom stereocenters. The van der Waals surface area contributed by atoms with E-state index in [0.717, 1.165) is 6.42 Å². The first-order chi connectivity index (χ1) is 12.8. The highest BCUT2D eigenvalue weighted by molar-refractivity contribution is 6.17. The average Bonchev–Trinajstić information content (AvgIpc) is 2.60. The Morgan fingerprint density at radius 2 is 1.96 bits per heavy atom. The lowest BCUT2D eigenvalue weighted by Crippen LogP contribution is -2.34. The first-order valence-corrected chi connectivity index (χ1v) is 9.41. The molecular formula is C20H23ClN2O4. The molecule has 1 aromatic carbocycles. The molecule has 2 rings (SSSR count). The van der Waals surface area contributed by atoms with Gasteiger partial charge in [-0.25, -0.2) is 0 Å². The molecule has 144 valence electrons. The number of nitro benzene ring substituents is 1. The van der Waals surface area contributed by atoms with Crippen LogP contribution in [-0.4, -0.2) is 28.1 Å². The first kappa shape index (κ1) is 21.0. The zero-order chi connectivity index (χ0) is 20.1. The molecule has 0 amide bonds. The van der Waals surface area contributed by atoms with Crippen molar-refractivity contribution in [1.29, 1.82) is 0 Å². The van der Waals surface area contributed by atoms with E-state index in [9.17, 15) is 19.7 Å². The summed E-state index contributed by atoms with van der Waals surface area (Å²) in [6, 6.07) is 6.15. The van der Waals surface area contributed by atoms with Crippen molar-refractivity contribution in [3.63, 3.8) is 0 Å². The van der Waals surface area contributed by atoms with Gasteiger partial charge in [-0.1, -0.05) is 12.1 Å². The van der Waals surface area contributed by atoms with E-state index in [4.69, 9.17) is 11.6 Å². The van der Waals surface area contributed by atoms with E-state index in [1.54, 1.807) is 26.0 Å². The minimum Gasteiger partial charge on any atom is -0.299 e. The van der Waals surface area contributed by atoms with Crippen molar-refractivity contribution in [2.45, 2.75) is 46.0 Å². The number of ketones is 2. The Morgan fingerprint density at radius 1 is 1.26 bits per heavy atom. The SMILES string of the molecule is CC(=O)C1C(C)=NC(C)=C(C(=O)CCCCCl)C1c1cccc([N+](=O)[O-])c1. The Bertz CT molecular complexity index is 829. The predicted octanol–water partition coefficient (Wildman–Crippen LogP) is 4.61. The van der Waals surface area contributed by atoms with Crippen LogP contribution in [0.4, 0.5) is 5.69 Å². The fourth-order valence-corrected chi connectivity index (χ4v) is 3.83. The zero-order valence-corrected chi connectivity index (χ0v) is 16.5. The van der Waals surface area contributed by atoms with Gasteiger partial charge in [0.2, 0.25) is 0 Å². The summed E-state index contributed by atoms with van der Waals surface area (Å²) >= 11 is 5.70. The fraction of sp³-hybridized carbons (Fsp3) is 0.450. The van der Waals surface area contributed by atoms with Gasteiger partial charge >= 0.3 is 0 Å². The van der Waals surface area contributed by atoms with E-state index >= 15 is 0 Å². The highest BCUT2D eigenvalue weighted by Gasteiger charge is 2.39. The molecule has 7 heteroatoms. The molecule has 1 aliphatic heterocycles. The van der Waals surface area contributed by atoms with Crippen LogP contribution in [-0.2, 0) is 9.59 Å². The third kappa shape index (κ3) is 4.69. The Morgan fingerprint density at radius 3 is 2.56 bits per heavy atom. The second kappa shape index (κ2) is 9.04. The van der Waals surface area contributed by atoms with Crippen LogP contribution < -0.4 is 0 Å². The molecule has 0 radical (unpaired) electrons. The summed E-state index contributed by atoms with van der Waals surface area (Å²) in [5.41, 5.74) is 2.17. The standard InChI is InChI=1S/C20H23ClN2O4/c1-12-18(14(3)24)20(15-7-6-8-16(11-15)23(26)27)19(13(2)22-12)17(25)9-4-5-10-21/h6-8,11,18,20H,4-5,9-10H2,1-3H3. The summed E-state index contributed by atoms with van der Waals surface area (Å²) in [4.78, 5) is 40.5. The second-order valence-corrected chi connectivity index (χ2v) is 7.12. The molecule has 0 N–H and O–H groups in total. The van der Waals surface area contributed by atoms with Gasteiger partial charge in [0.15, 0.2) is 5.78 Å². The van der Waals surface area contributed by atoms with Gasteiger partial charge in [0.1, 0.15) is 5.78 Å². The van der Waals surface area contributed by atoms with E-state index in [-0.39, 0.29) is 17.3 Å². The Hall–Kier alpha value is -2.34. The van der Waals surface area contributed by atoms with Crippen LogP contribution in [0.3, 0.4) is 0 Å². The lowest BCUT2D eigenvalue weighted by Gasteiger charge is -2.32. The summed E-state index contributed by atoms with van der Waals surface area (Å²) in [6.07, 6.45) is 1.68. The number of alkyl halides is 1. The van der Waals surface area contributed by atoms with Crippen LogP contribution in [0, 0.1) is 16.0 Å². The van der Waals surface area contributed by atoms with Crippen molar-refractivity contribution in [1.82, 2.24) is 0 Å². The normalized spacial score (nSPS) is 19.6. The molecule has 2 unspecified atom stereocenters. The number of halogens is 1. The minimum atomic E-state index is -0.609. The van der Waals surface area contributed by atoms with Crippen molar-refractivity contribution in [3.05, 3.63) is 51.2 Å². The van der Waals surface area contributed by atoms with Gasteiger partial charge in [-0.2, -0.15) is 0 Å². The predicted molar refractivity (Wildman–Crippen MR) is 105 cm³/mol. The molecule has 0 saturated carbocycles. The van der Waals surface area contributed by atoms with Crippen LogP contribution in [0.5, 0.6) is 0 Å². The zero-order valence-electron chi connectivity index (χ0n) is 15.7. The maximum Gasteiger partial charge on any atom is 0.269 e. The van der Waals surface area contributed by atoms with Crippen LogP contribution in [0.2, 0.25) is 0 Å². The largest absolute Gasteiger partial charge is 0.299 e. The summed E-state index contributed by atoms with van der Waals surface area (Å²) in [6.45, 7) is 4.97. The van der Waals surface area contributed by atoms with E-state index in [1.165, 1.54) is 19.1 Å². The number of carbonyl (C=O) groups is 2. The van der Waals surface area contributed by atoms with Gasteiger partial charge in [-0.05, 0) is 39.2 Å². The Labute approximate surface area is 163 Å². The molecule has 27 heavy (non-hydrogen) atoms. The maximum atomic E-state index is 12.9. The first-order valence-electron chi connectivity index (χ1n) is 8.87. The number of non-ortho nitro benzene ring substituents is 1. The van der Waals surface area contributed by atoms with Gasteiger partial charge in [0.25, 0.3) is 5.69 Å². The van der Waals surface area contributed by atoms with Crippen molar-refractivity contribution in [3.8, 4) is 0 Å². The third-order valence-electron chi connectivity index (χ3n) is 4.79. The maximum absolute atomic E-state index is 12.9. The Balaban J connectivity index is 2.56. The van der Waals surface area contributed by atoms with E-state index in [2.05, 4.69) is 4.99 Å². The van der Waals surface area contributed by atoms with Gasteiger partial charge < -0.3 is 0 Å². The molecule has 0 bridgehead atoms. The molecule has 1 aromatic rings. The van der Waals surface area contributed by atoms with Crippen LogP contribution in [0.25, 0.3) is 0 Å². The number of carbonyl (C=O) groups excluding carboxylic acids is 2. The lowest BCUT2D eigenvalue weighted by atomic mass is 9.72. The van der Waals surface area contributed by atoms with Crippen LogP contribution in [0.1, 0.15) is 51.5 Å². The highest BCUT2D eigenvalue weighted by atomic mass is 35.5. The van der Waals surface area contributed by atoms with Crippen LogP contribution in [0.15, 0.2) is 40.5 Å². The van der Waals surface area contributed by atoms with E-state index < -0.39 is 16.8 Å². The number of allylic oxidation sites excluding steroid dienone is 2. The smallest absolute Gasteiger partial charge is 0.269 e. The van der Waals surface area contributed by atoms with Crippen molar-refractivity contribution < 1.29 is 14.5 Å². The molecule has 1 aliphatic rings. The summed E-state index contributed by atoms with van der Waals surface area (Å²) in [5.74, 6) is -0.901. The Kier molecular flexibility index (Phi) is 7.02. The van der Waals surface area contributed by atoms with Crippen molar-refractivity contribution in [2.75, 3.05) is 5.88 Å². The molecule has 1 heterocycles. The molecule has 0 spiro atoms. The third-order valence-corrected chi connectivity index (χ3v) is 5.06.